The van der Waals surface area contributed by atoms with Crippen LogP contribution in [-0.4, -0.2) is 31.3 Å². The van der Waals surface area contributed by atoms with Crippen molar-refractivity contribution in [3.05, 3.63) is 0 Å². The van der Waals surface area contributed by atoms with E-state index in [1.165, 1.54) is 32.1 Å². The first-order valence-electron chi connectivity index (χ1n) is 7.06. The van der Waals surface area contributed by atoms with E-state index in [0.29, 0.717) is 6.61 Å². The van der Waals surface area contributed by atoms with Crippen LogP contribution in [0.3, 0.4) is 0 Å². The molecule has 0 rings (SSSR count). The van der Waals surface area contributed by atoms with E-state index >= 15 is 0 Å². The average molecular weight is 318 g/mol. The molecule has 0 aromatic rings. The summed E-state index contributed by atoms with van der Waals surface area (Å²) in [6.07, 6.45) is 9.02. The molecule has 0 saturated heterocycles. The summed E-state index contributed by atoms with van der Waals surface area (Å²) in [5.41, 5.74) is 0. The summed E-state index contributed by atoms with van der Waals surface area (Å²) in [4.78, 5) is 11.1. The molecule has 20 heavy (non-hydrogen) atoms. The zero-order valence-corrected chi connectivity index (χ0v) is 15.6. The van der Waals surface area contributed by atoms with Crippen molar-refractivity contribution in [2.24, 2.45) is 0 Å². The van der Waals surface area contributed by atoms with Gasteiger partial charge in [0.05, 0.1) is 18.8 Å². The minimum absolute atomic E-state index is 0. The van der Waals surface area contributed by atoms with E-state index in [2.05, 4.69) is 6.92 Å². The second kappa shape index (κ2) is 14.3. The van der Waals surface area contributed by atoms with Gasteiger partial charge in [0.2, 0.25) is 0 Å². The van der Waals surface area contributed by atoms with Gasteiger partial charge in [0.25, 0.3) is 10.1 Å². The molecule has 0 radical (unpaired) electrons. The van der Waals surface area contributed by atoms with Crippen LogP contribution in [0, 0.1) is 0 Å². The first-order chi connectivity index (χ1) is 8.95. The van der Waals surface area contributed by atoms with Crippen molar-refractivity contribution in [3.63, 3.8) is 0 Å². The number of carbonyl (C=O) groups is 1. The van der Waals surface area contributed by atoms with Crippen molar-refractivity contribution in [1.82, 2.24) is 0 Å². The molecule has 0 amide bonds. The molecule has 0 fully saturated rings. The number of hydrogen-bond acceptors (Lipinski definition) is 4. The molecule has 0 aliphatic carbocycles. The van der Waals surface area contributed by atoms with Gasteiger partial charge in [0.1, 0.15) is 0 Å². The van der Waals surface area contributed by atoms with Crippen molar-refractivity contribution in [3.8, 4) is 0 Å². The fourth-order valence-corrected chi connectivity index (χ4v) is 2.13. The zero-order chi connectivity index (χ0) is 14.6. The first-order valence-corrected chi connectivity index (χ1v) is 8.67. The number of esters is 1. The van der Waals surface area contributed by atoms with Gasteiger partial charge in [-0.05, 0) is 6.42 Å². The summed E-state index contributed by atoms with van der Waals surface area (Å²) >= 11 is 0. The van der Waals surface area contributed by atoms with E-state index in [1.807, 2.05) is 0 Å². The van der Waals surface area contributed by atoms with Gasteiger partial charge in [0, 0.05) is 0 Å². The van der Waals surface area contributed by atoms with Crippen molar-refractivity contribution in [2.75, 3.05) is 12.4 Å². The molecule has 0 heterocycles. The quantitative estimate of drug-likeness (QED) is 0.238. The molecular weight excluding hydrogens is 291 g/mol. The third-order valence-corrected chi connectivity index (χ3v) is 3.55. The molecule has 0 unspecified atom stereocenters. The predicted molar refractivity (Wildman–Crippen MR) is 75.7 cm³/mol. The first kappa shape index (κ1) is 22.7. The molecule has 0 aromatic carbocycles. The molecule has 0 aliphatic heterocycles. The molecular formula is C13H27NaO5S. The number of unbranched alkanes of at least 4 members (excludes halogenated alkanes) is 7. The van der Waals surface area contributed by atoms with Gasteiger partial charge in [0.15, 0.2) is 0 Å². The summed E-state index contributed by atoms with van der Waals surface area (Å²) in [6.45, 7) is 2.52. The molecule has 0 aliphatic rings. The van der Waals surface area contributed by atoms with Crippen LogP contribution in [0.4, 0.5) is 0 Å². The van der Waals surface area contributed by atoms with Crippen LogP contribution in [0.2, 0.25) is 0 Å². The smallest absolute Gasteiger partial charge is 1.00 e. The van der Waals surface area contributed by atoms with Crippen LogP contribution < -0.4 is 29.6 Å². The summed E-state index contributed by atoms with van der Waals surface area (Å²) in [6, 6.07) is 0. The SMILES string of the molecule is CCCCCCCCCCOC(=O)CCS(=O)(=O)O.[H-].[Na+]. The Hall–Kier alpha value is 0.380. The molecule has 1 N–H and O–H groups in total. The van der Waals surface area contributed by atoms with Crippen LogP contribution in [0.25, 0.3) is 0 Å². The number of ether oxygens (including phenoxy) is 1. The Morgan fingerprint density at radius 2 is 1.55 bits per heavy atom. The van der Waals surface area contributed by atoms with E-state index in [4.69, 9.17) is 9.29 Å². The Morgan fingerprint density at radius 1 is 1.05 bits per heavy atom. The summed E-state index contributed by atoms with van der Waals surface area (Å²) in [5, 5.41) is 0. The molecule has 0 saturated carbocycles. The van der Waals surface area contributed by atoms with Gasteiger partial charge in [-0.1, -0.05) is 51.9 Å². The van der Waals surface area contributed by atoms with Gasteiger partial charge < -0.3 is 6.16 Å². The zero-order valence-electron chi connectivity index (χ0n) is 13.8. The van der Waals surface area contributed by atoms with Crippen molar-refractivity contribution < 1.29 is 53.5 Å². The molecule has 0 bridgehead atoms. The normalized spacial score (nSPS) is 10.9. The van der Waals surface area contributed by atoms with E-state index in [9.17, 15) is 13.2 Å². The Bertz CT molecular complexity index is 335. The second-order valence-electron chi connectivity index (χ2n) is 4.73. The summed E-state index contributed by atoms with van der Waals surface area (Å²) < 4.78 is 34.1. The molecule has 116 valence electrons. The van der Waals surface area contributed by atoms with Crippen LogP contribution >= 0.6 is 0 Å². The Kier molecular flexibility index (Phi) is 16.2. The summed E-state index contributed by atoms with van der Waals surface area (Å²) in [7, 11) is -4.07. The minimum Gasteiger partial charge on any atom is -1.00 e. The van der Waals surface area contributed by atoms with Crippen LogP contribution in [0.1, 0.15) is 66.1 Å². The largest absolute Gasteiger partial charge is 1.00 e. The van der Waals surface area contributed by atoms with E-state index < -0.39 is 21.8 Å². The van der Waals surface area contributed by atoms with Gasteiger partial charge in [-0.15, -0.1) is 0 Å². The number of rotatable bonds is 12. The topological polar surface area (TPSA) is 80.7 Å². The maximum Gasteiger partial charge on any atom is 1.00 e. The standard InChI is InChI=1S/C13H26O5S.Na.H/c1-2-3-4-5-6-7-8-9-11-18-13(14)10-12-19(15,16)17;;/h2-12H2,1H3,(H,15,16,17);;/q;+1;-1. The minimum atomic E-state index is -4.07. The predicted octanol–water partition coefficient (Wildman–Crippen LogP) is 0.0647. The van der Waals surface area contributed by atoms with Gasteiger partial charge >= 0.3 is 35.5 Å². The van der Waals surface area contributed by atoms with Gasteiger partial charge in [-0.25, -0.2) is 0 Å². The maximum absolute atomic E-state index is 11.1. The van der Waals surface area contributed by atoms with Crippen LogP contribution in [0.15, 0.2) is 0 Å². The van der Waals surface area contributed by atoms with Crippen LogP contribution in [-0.2, 0) is 19.6 Å². The molecule has 0 aromatic heterocycles. The Labute approximate surface area is 146 Å². The maximum atomic E-state index is 11.1. The van der Waals surface area contributed by atoms with E-state index in [0.717, 1.165) is 19.3 Å². The van der Waals surface area contributed by atoms with E-state index in [-0.39, 0.29) is 37.4 Å². The summed E-state index contributed by atoms with van der Waals surface area (Å²) in [5.74, 6) is -1.14. The third-order valence-electron chi connectivity index (χ3n) is 2.83. The van der Waals surface area contributed by atoms with Crippen molar-refractivity contribution in [1.29, 1.82) is 0 Å². The average Bonchev–Trinajstić information content (AvgIpc) is 2.33. The fourth-order valence-electron chi connectivity index (χ4n) is 1.71. The Morgan fingerprint density at radius 3 is 2.05 bits per heavy atom. The third kappa shape index (κ3) is 18.4. The fraction of sp³-hybridized carbons (Fsp3) is 0.923. The van der Waals surface area contributed by atoms with Crippen LogP contribution in [0.5, 0.6) is 0 Å². The molecule has 0 spiro atoms. The molecule has 5 nitrogen and oxygen atoms in total. The molecule has 0 atom stereocenters. The van der Waals surface area contributed by atoms with Crippen molar-refractivity contribution in [2.45, 2.75) is 64.7 Å². The second-order valence-corrected chi connectivity index (χ2v) is 6.30. The number of hydrogen-bond donors (Lipinski definition) is 1. The monoisotopic (exact) mass is 318 g/mol. The van der Waals surface area contributed by atoms with Gasteiger partial charge in [-0.2, -0.15) is 8.42 Å². The van der Waals surface area contributed by atoms with Gasteiger partial charge in [-0.3, -0.25) is 9.35 Å². The Balaban J connectivity index is -0.00000162. The van der Waals surface area contributed by atoms with E-state index in [1.54, 1.807) is 0 Å². The van der Waals surface area contributed by atoms with Crippen molar-refractivity contribution >= 4 is 16.1 Å². The number of carbonyl (C=O) groups excluding carboxylic acids is 1. The molecule has 7 heteroatoms.